The van der Waals surface area contributed by atoms with Gasteiger partial charge in [0.1, 0.15) is 11.2 Å². The average molecular weight is 390 g/mol. The Hall–Kier alpha value is -1.50. The summed E-state index contributed by atoms with van der Waals surface area (Å²) in [4.78, 5) is 25.9. The summed E-state index contributed by atoms with van der Waals surface area (Å²) in [7, 11) is 1.46. The van der Waals surface area contributed by atoms with Crippen molar-refractivity contribution in [2.45, 2.75) is 25.9 Å². The number of nitrogens with zero attached hydrogens (tertiary/aromatic N) is 1. The zero-order valence-corrected chi connectivity index (χ0v) is 15.6. The number of benzene rings is 1. The lowest BCUT2D eigenvalue weighted by molar-refractivity contribution is -0.160. The highest BCUT2D eigenvalue weighted by molar-refractivity contribution is 6.42. The van der Waals surface area contributed by atoms with Crippen LogP contribution in [0, 0.1) is 5.41 Å². The summed E-state index contributed by atoms with van der Waals surface area (Å²) >= 11 is 11.8. The third-order valence-corrected chi connectivity index (χ3v) is 5.05. The molecule has 0 bridgehead atoms. The Morgan fingerprint density at radius 3 is 2.68 bits per heavy atom. The molecule has 0 aliphatic carbocycles. The molecule has 0 spiro atoms. The largest absolute Gasteiger partial charge is 0.481 e. The second kappa shape index (κ2) is 8.25. The summed E-state index contributed by atoms with van der Waals surface area (Å²) < 4.78 is 10.7. The van der Waals surface area contributed by atoms with Crippen molar-refractivity contribution in [3.8, 4) is 5.75 Å². The molecule has 8 heteroatoms. The number of aliphatic carboxylic acids is 1. The second-order valence-corrected chi connectivity index (χ2v) is 7.03. The van der Waals surface area contributed by atoms with Crippen molar-refractivity contribution in [3.05, 3.63) is 28.2 Å². The van der Waals surface area contributed by atoms with E-state index in [1.807, 2.05) is 0 Å². The molecule has 1 fully saturated rings. The number of carbonyl (C=O) groups excluding carboxylic acids is 1. The average Bonchev–Trinajstić information content (AvgIpc) is 2.57. The molecule has 6 nitrogen and oxygen atoms in total. The minimum absolute atomic E-state index is 0.0636. The van der Waals surface area contributed by atoms with Gasteiger partial charge in [0.15, 0.2) is 6.10 Å². The Kier molecular flexibility index (Phi) is 6.54. The van der Waals surface area contributed by atoms with Crippen LogP contribution in [0.5, 0.6) is 5.75 Å². The van der Waals surface area contributed by atoms with Gasteiger partial charge in [-0.15, -0.1) is 0 Å². The quantitative estimate of drug-likeness (QED) is 0.808. The lowest BCUT2D eigenvalue weighted by atomic mass is 9.80. The molecule has 2 atom stereocenters. The highest BCUT2D eigenvalue weighted by Gasteiger charge is 2.44. The van der Waals surface area contributed by atoms with Crippen LogP contribution in [0.3, 0.4) is 0 Å². The van der Waals surface area contributed by atoms with Crippen LogP contribution in [0.2, 0.25) is 10.0 Å². The number of piperidine rings is 1. The number of carboxylic acid groups (broad SMARTS) is 1. The van der Waals surface area contributed by atoms with Crippen molar-refractivity contribution < 1.29 is 24.2 Å². The topological polar surface area (TPSA) is 76.1 Å². The van der Waals surface area contributed by atoms with Crippen molar-refractivity contribution in [1.29, 1.82) is 0 Å². The van der Waals surface area contributed by atoms with Crippen LogP contribution in [-0.2, 0) is 14.3 Å². The van der Waals surface area contributed by atoms with E-state index in [9.17, 15) is 14.7 Å². The van der Waals surface area contributed by atoms with Crippen LogP contribution >= 0.6 is 23.2 Å². The molecule has 0 aromatic heterocycles. The van der Waals surface area contributed by atoms with Gasteiger partial charge in [-0.1, -0.05) is 23.2 Å². The molecule has 0 saturated carbocycles. The van der Waals surface area contributed by atoms with Crippen LogP contribution in [0.4, 0.5) is 0 Å². The van der Waals surface area contributed by atoms with Gasteiger partial charge in [0.2, 0.25) is 0 Å². The van der Waals surface area contributed by atoms with Crippen molar-refractivity contribution in [1.82, 2.24) is 4.90 Å². The fourth-order valence-corrected chi connectivity index (χ4v) is 3.30. The molecular formula is C17H21Cl2NO5. The van der Waals surface area contributed by atoms with Crippen LogP contribution in [-0.4, -0.2) is 54.8 Å². The molecule has 1 aliphatic heterocycles. The molecule has 1 N–H and O–H groups in total. The first-order chi connectivity index (χ1) is 11.8. The van der Waals surface area contributed by atoms with Crippen molar-refractivity contribution >= 4 is 35.1 Å². The van der Waals surface area contributed by atoms with Gasteiger partial charge in [-0.3, -0.25) is 9.59 Å². The molecule has 1 aliphatic rings. The SMILES string of the molecule is COCC1(C(=O)O)CCCN(C(=O)C(C)Oc2ccc(Cl)c(Cl)c2)C1. The molecule has 1 amide bonds. The summed E-state index contributed by atoms with van der Waals surface area (Å²) in [6, 6.07) is 4.75. The van der Waals surface area contributed by atoms with Gasteiger partial charge >= 0.3 is 5.97 Å². The minimum Gasteiger partial charge on any atom is -0.481 e. The minimum atomic E-state index is -1.08. The number of rotatable bonds is 6. The molecule has 0 radical (unpaired) electrons. The molecule has 2 unspecified atom stereocenters. The van der Waals surface area contributed by atoms with Crippen LogP contribution in [0.15, 0.2) is 18.2 Å². The molecule has 138 valence electrons. The number of carbonyl (C=O) groups is 2. The van der Waals surface area contributed by atoms with Crippen LogP contribution in [0.1, 0.15) is 19.8 Å². The number of carboxylic acids is 1. The third-order valence-electron chi connectivity index (χ3n) is 4.31. The third kappa shape index (κ3) is 4.57. The zero-order valence-electron chi connectivity index (χ0n) is 14.1. The number of hydrogen-bond donors (Lipinski definition) is 1. The first-order valence-corrected chi connectivity index (χ1v) is 8.67. The summed E-state index contributed by atoms with van der Waals surface area (Å²) in [5.41, 5.74) is -1.08. The van der Waals surface area contributed by atoms with E-state index in [1.165, 1.54) is 18.1 Å². The maximum absolute atomic E-state index is 12.7. The molecule has 1 aromatic rings. The summed E-state index contributed by atoms with van der Waals surface area (Å²) in [5.74, 6) is -0.800. The van der Waals surface area contributed by atoms with E-state index >= 15 is 0 Å². The van der Waals surface area contributed by atoms with E-state index in [-0.39, 0.29) is 19.1 Å². The summed E-state index contributed by atoms with van der Waals surface area (Å²) in [6.45, 7) is 2.28. The van der Waals surface area contributed by atoms with E-state index in [0.717, 1.165) is 0 Å². The fourth-order valence-electron chi connectivity index (χ4n) is 3.01. The van der Waals surface area contributed by atoms with Gasteiger partial charge in [0.05, 0.1) is 16.7 Å². The molecule has 1 saturated heterocycles. The number of hydrogen-bond acceptors (Lipinski definition) is 4. The van der Waals surface area contributed by atoms with Crippen molar-refractivity contribution in [2.24, 2.45) is 5.41 Å². The molecular weight excluding hydrogens is 369 g/mol. The fraction of sp³-hybridized carbons (Fsp3) is 0.529. The van der Waals surface area contributed by atoms with Crippen molar-refractivity contribution in [2.75, 3.05) is 26.8 Å². The second-order valence-electron chi connectivity index (χ2n) is 6.22. The first-order valence-electron chi connectivity index (χ1n) is 7.92. The lowest BCUT2D eigenvalue weighted by Crippen LogP contribution is -2.54. The van der Waals surface area contributed by atoms with E-state index in [1.54, 1.807) is 19.1 Å². The molecule has 25 heavy (non-hydrogen) atoms. The maximum atomic E-state index is 12.7. The van der Waals surface area contributed by atoms with Crippen molar-refractivity contribution in [3.63, 3.8) is 0 Å². The number of likely N-dealkylation sites (tertiary alicyclic amines) is 1. The van der Waals surface area contributed by atoms with Gasteiger partial charge in [-0.05, 0) is 31.9 Å². The Morgan fingerprint density at radius 1 is 1.36 bits per heavy atom. The van der Waals surface area contributed by atoms with E-state index < -0.39 is 17.5 Å². The molecule has 1 aromatic carbocycles. The van der Waals surface area contributed by atoms with E-state index in [2.05, 4.69) is 0 Å². The highest BCUT2D eigenvalue weighted by atomic mass is 35.5. The van der Waals surface area contributed by atoms with Gasteiger partial charge in [-0.2, -0.15) is 0 Å². The Bertz CT molecular complexity index is 650. The predicted molar refractivity (Wildman–Crippen MR) is 94.3 cm³/mol. The molecule has 1 heterocycles. The Morgan fingerprint density at radius 2 is 2.08 bits per heavy atom. The van der Waals surface area contributed by atoms with Crippen LogP contribution < -0.4 is 4.74 Å². The summed E-state index contributed by atoms with van der Waals surface area (Å²) in [5, 5.41) is 10.3. The molecule has 2 rings (SSSR count). The lowest BCUT2D eigenvalue weighted by Gasteiger charge is -2.40. The Balaban J connectivity index is 2.07. The van der Waals surface area contributed by atoms with E-state index in [4.69, 9.17) is 32.7 Å². The van der Waals surface area contributed by atoms with Crippen LogP contribution in [0.25, 0.3) is 0 Å². The monoisotopic (exact) mass is 389 g/mol. The smallest absolute Gasteiger partial charge is 0.313 e. The van der Waals surface area contributed by atoms with Gasteiger partial charge < -0.3 is 19.5 Å². The van der Waals surface area contributed by atoms with E-state index in [0.29, 0.717) is 35.2 Å². The van der Waals surface area contributed by atoms with Gasteiger partial charge in [0.25, 0.3) is 5.91 Å². The predicted octanol–water partition coefficient (Wildman–Crippen LogP) is 3.10. The normalized spacial score (nSPS) is 21.7. The highest BCUT2D eigenvalue weighted by Crippen LogP contribution is 2.32. The standard InChI is InChI=1S/C17H21Cl2NO5/c1-11(25-12-4-5-13(18)14(19)8-12)15(21)20-7-3-6-17(9-20,10-24-2)16(22)23/h4-5,8,11H,3,6-7,9-10H2,1-2H3,(H,22,23). The Labute approximate surface area is 156 Å². The summed E-state index contributed by atoms with van der Waals surface area (Å²) in [6.07, 6.45) is 0.299. The van der Waals surface area contributed by atoms with Gasteiger partial charge in [0, 0.05) is 26.3 Å². The zero-order chi connectivity index (χ0) is 18.6. The number of methoxy groups -OCH3 is 1. The van der Waals surface area contributed by atoms with Gasteiger partial charge in [-0.25, -0.2) is 0 Å². The number of halogens is 2. The number of ether oxygens (including phenoxy) is 2. The first kappa shape index (κ1) is 19.8. The maximum Gasteiger partial charge on any atom is 0.313 e. The number of amides is 1.